The standard InChI is InChI=1S/C17H20ClN3O/c1-17(2,9-19)21-16(22)13-8-15(10-3-4-10)20-14-6-5-11(18)7-12(13)14/h5-8,10H,3-4,9,19H2,1-2H3,(H,21,22). The first kappa shape index (κ1) is 15.3. The Morgan fingerprint density at radius 1 is 1.41 bits per heavy atom. The minimum atomic E-state index is -0.453. The molecule has 4 nitrogen and oxygen atoms in total. The van der Waals surface area contributed by atoms with Gasteiger partial charge in [-0.2, -0.15) is 0 Å². The summed E-state index contributed by atoms with van der Waals surface area (Å²) in [6.07, 6.45) is 2.28. The molecule has 3 N–H and O–H groups in total. The fourth-order valence-corrected chi connectivity index (χ4v) is 2.59. The number of carbonyl (C=O) groups is 1. The van der Waals surface area contributed by atoms with E-state index >= 15 is 0 Å². The summed E-state index contributed by atoms with van der Waals surface area (Å²) in [4.78, 5) is 17.4. The van der Waals surface area contributed by atoms with Crippen LogP contribution in [0.3, 0.4) is 0 Å². The molecule has 1 aliphatic rings. The number of rotatable bonds is 4. The number of amides is 1. The van der Waals surface area contributed by atoms with Crippen LogP contribution in [0.25, 0.3) is 10.9 Å². The van der Waals surface area contributed by atoms with Gasteiger partial charge in [-0.15, -0.1) is 0 Å². The van der Waals surface area contributed by atoms with Crippen molar-refractivity contribution in [2.45, 2.75) is 38.1 Å². The van der Waals surface area contributed by atoms with Gasteiger partial charge in [-0.3, -0.25) is 9.78 Å². The molecule has 5 heteroatoms. The quantitative estimate of drug-likeness (QED) is 0.909. The third-order valence-corrected chi connectivity index (χ3v) is 4.23. The van der Waals surface area contributed by atoms with Crippen LogP contribution in [0.15, 0.2) is 24.3 Å². The van der Waals surface area contributed by atoms with Gasteiger partial charge in [-0.1, -0.05) is 11.6 Å². The zero-order valence-corrected chi connectivity index (χ0v) is 13.6. The molecule has 0 unspecified atom stereocenters. The maximum Gasteiger partial charge on any atom is 0.252 e. The van der Waals surface area contributed by atoms with E-state index in [4.69, 9.17) is 17.3 Å². The van der Waals surface area contributed by atoms with Gasteiger partial charge in [0.1, 0.15) is 0 Å². The van der Waals surface area contributed by atoms with Gasteiger partial charge in [0.2, 0.25) is 0 Å². The van der Waals surface area contributed by atoms with Crippen LogP contribution in [-0.2, 0) is 0 Å². The van der Waals surface area contributed by atoms with Crippen molar-refractivity contribution in [2.75, 3.05) is 6.54 Å². The van der Waals surface area contributed by atoms with Gasteiger partial charge in [0.25, 0.3) is 5.91 Å². The monoisotopic (exact) mass is 317 g/mol. The van der Waals surface area contributed by atoms with Crippen molar-refractivity contribution >= 4 is 28.4 Å². The second-order valence-corrected chi connectivity index (χ2v) is 7.01. The van der Waals surface area contributed by atoms with Crippen LogP contribution in [-0.4, -0.2) is 23.0 Å². The molecule has 0 aliphatic heterocycles. The molecule has 2 aromatic rings. The molecule has 1 saturated carbocycles. The smallest absolute Gasteiger partial charge is 0.252 e. The van der Waals surface area contributed by atoms with Crippen molar-refractivity contribution in [3.63, 3.8) is 0 Å². The Kier molecular flexibility index (Phi) is 3.83. The number of hydrogen-bond acceptors (Lipinski definition) is 3. The number of fused-ring (bicyclic) bond motifs is 1. The summed E-state index contributed by atoms with van der Waals surface area (Å²) in [6.45, 7) is 4.18. The summed E-state index contributed by atoms with van der Waals surface area (Å²) >= 11 is 6.09. The Morgan fingerprint density at radius 3 is 2.77 bits per heavy atom. The normalized spacial score (nSPS) is 15.1. The third-order valence-electron chi connectivity index (χ3n) is 3.99. The van der Waals surface area contributed by atoms with Crippen LogP contribution >= 0.6 is 11.6 Å². The second kappa shape index (κ2) is 5.52. The van der Waals surface area contributed by atoms with Gasteiger partial charge in [0, 0.05) is 34.1 Å². The number of nitrogens with zero attached hydrogens (tertiary/aromatic N) is 1. The molecule has 0 atom stereocenters. The second-order valence-electron chi connectivity index (χ2n) is 6.57. The third kappa shape index (κ3) is 3.08. The zero-order chi connectivity index (χ0) is 15.9. The Morgan fingerprint density at radius 2 is 2.14 bits per heavy atom. The van der Waals surface area contributed by atoms with Gasteiger partial charge in [0.05, 0.1) is 11.1 Å². The SMILES string of the molecule is CC(C)(CN)NC(=O)c1cc(C2CC2)nc2ccc(Cl)cc12. The Balaban J connectivity index is 2.09. The zero-order valence-electron chi connectivity index (χ0n) is 12.8. The molecule has 1 heterocycles. The highest BCUT2D eigenvalue weighted by Gasteiger charge is 2.28. The van der Waals surface area contributed by atoms with Crippen LogP contribution < -0.4 is 11.1 Å². The molecule has 3 rings (SSSR count). The van der Waals surface area contributed by atoms with Crippen LogP contribution in [0.2, 0.25) is 5.02 Å². The Labute approximate surface area is 135 Å². The van der Waals surface area contributed by atoms with Gasteiger partial charge >= 0.3 is 0 Å². The number of aromatic nitrogens is 1. The summed E-state index contributed by atoms with van der Waals surface area (Å²) in [6, 6.07) is 7.37. The molecule has 0 spiro atoms. The van der Waals surface area contributed by atoms with Gasteiger partial charge in [-0.05, 0) is 51.0 Å². The lowest BCUT2D eigenvalue weighted by Crippen LogP contribution is -2.48. The van der Waals surface area contributed by atoms with E-state index in [2.05, 4.69) is 10.3 Å². The number of halogens is 1. The van der Waals surface area contributed by atoms with Crippen molar-refractivity contribution < 1.29 is 4.79 Å². The van der Waals surface area contributed by atoms with Gasteiger partial charge < -0.3 is 11.1 Å². The van der Waals surface area contributed by atoms with Crippen molar-refractivity contribution in [1.29, 1.82) is 0 Å². The van der Waals surface area contributed by atoms with E-state index in [1.807, 2.05) is 26.0 Å². The highest BCUT2D eigenvalue weighted by molar-refractivity contribution is 6.31. The van der Waals surface area contributed by atoms with E-state index < -0.39 is 5.54 Å². The highest BCUT2D eigenvalue weighted by Crippen LogP contribution is 2.40. The lowest BCUT2D eigenvalue weighted by molar-refractivity contribution is 0.0917. The van der Waals surface area contributed by atoms with Crippen LogP contribution in [0.5, 0.6) is 0 Å². The summed E-state index contributed by atoms with van der Waals surface area (Å²) in [5.41, 5.74) is 7.68. The minimum Gasteiger partial charge on any atom is -0.346 e. The van der Waals surface area contributed by atoms with E-state index in [-0.39, 0.29) is 5.91 Å². The van der Waals surface area contributed by atoms with Gasteiger partial charge in [-0.25, -0.2) is 0 Å². The molecule has 1 fully saturated rings. The van der Waals surface area contributed by atoms with E-state index in [9.17, 15) is 4.79 Å². The number of benzene rings is 1. The Bertz CT molecular complexity index is 738. The first-order valence-electron chi connectivity index (χ1n) is 7.52. The molecule has 1 aromatic heterocycles. The van der Waals surface area contributed by atoms with E-state index in [1.165, 1.54) is 0 Å². The Hall–Kier alpha value is -1.65. The average molecular weight is 318 g/mol. The summed E-state index contributed by atoms with van der Waals surface area (Å²) in [7, 11) is 0. The number of hydrogen-bond donors (Lipinski definition) is 2. The summed E-state index contributed by atoms with van der Waals surface area (Å²) in [5, 5.41) is 4.36. The largest absolute Gasteiger partial charge is 0.346 e. The maximum absolute atomic E-state index is 12.7. The maximum atomic E-state index is 12.7. The summed E-state index contributed by atoms with van der Waals surface area (Å²) in [5.74, 6) is 0.348. The molecule has 0 saturated heterocycles. The highest BCUT2D eigenvalue weighted by atomic mass is 35.5. The lowest BCUT2D eigenvalue weighted by atomic mass is 10.0. The van der Waals surface area contributed by atoms with Crippen molar-refractivity contribution in [3.05, 3.63) is 40.5 Å². The fourth-order valence-electron chi connectivity index (χ4n) is 2.42. The van der Waals surface area contributed by atoms with Crippen LogP contribution in [0, 0.1) is 0 Å². The number of carbonyl (C=O) groups excluding carboxylic acids is 1. The van der Waals surface area contributed by atoms with Crippen molar-refractivity contribution in [3.8, 4) is 0 Å². The topological polar surface area (TPSA) is 68.0 Å². The van der Waals surface area contributed by atoms with Gasteiger partial charge in [0.15, 0.2) is 0 Å². The average Bonchev–Trinajstić information content (AvgIpc) is 3.30. The first-order chi connectivity index (χ1) is 10.4. The van der Waals surface area contributed by atoms with E-state index in [0.29, 0.717) is 23.0 Å². The molecule has 1 amide bonds. The number of nitrogens with one attached hydrogen (secondary N) is 1. The molecular weight excluding hydrogens is 298 g/mol. The summed E-state index contributed by atoms with van der Waals surface area (Å²) < 4.78 is 0. The molecule has 1 aliphatic carbocycles. The van der Waals surface area contributed by atoms with Crippen molar-refractivity contribution in [2.24, 2.45) is 5.73 Å². The lowest BCUT2D eigenvalue weighted by Gasteiger charge is -2.24. The molecule has 116 valence electrons. The van der Waals surface area contributed by atoms with E-state index in [0.717, 1.165) is 29.4 Å². The predicted molar refractivity (Wildman–Crippen MR) is 89.3 cm³/mol. The van der Waals surface area contributed by atoms with Crippen LogP contribution in [0.4, 0.5) is 0 Å². The van der Waals surface area contributed by atoms with Crippen molar-refractivity contribution in [1.82, 2.24) is 10.3 Å². The minimum absolute atomic E-state index is 0.132. The molecule has 0 radical (unpaired) electrons. The van der Waals surface area contributed by atoms with E-state index in [1.54, 1.807) is 12.1 Å². The first-order valence-corrected chi connectivity index (χ1v) is 7.90. The number of pyridine rings is 1. The molecule has 1 aromatic carbocycles. The molecular formula is C17H20ClN3O. The number of nitrogens with two attached hydrogens (primary N) is 1. The molecule has 0 bridgehead atoms. The van der Waals surface area contributed by atoms with Crippen LogP contribution in [0.1, 0.15) is 48.7 Å². The molecule has 22 heavy (non-hydrogen) atoms. The predicted octanol–water partition coefficient (Wildman–Crippen LogP) is 3.23. The fraction of sp³-hybridized carbons (Fsp3) is 0.412.